The maximum absolute atomic E-state index is 2.47. The fraction of sp³-hybridized carbons (Fsp3) is 0.200. The van der Waals surface area contributed by atoms with Gasteiger partial charge in [0.2, 0.25) is 0 Å². The van der Waals surface area contributed by atoms with Crippen LogP contribution in [0.15, 0.2) is 121 Å². The number of thiophene rings is 1. The van der Waals surface area contributed by atoms with Crippen LogP contribution in [-0.2, 0) is 25.7 Å². The van der Waals surface area contributed by atoms with Crippen LogP contribution in [0.3, 0.4) is 0 Å². The van der Waals surface area contributed by atoms with Crippen LogP contribution in [0, 0.1) is 0 Å². The Labute approximate surface area is 250 Å². The van der Waals surface area contributed by atoms with Crippen molar-refractivity contribution >= 4 is 16.9 Å². The minimum absolute atomic E-state index is 0.927. The molecule has 1 aromatic heterocycles. The zero-order chi connectivity index (χ0) is 28.6. The van der Waals surface area contributed by atoms with E-state index >= 15 is 0 Å². The molecule has 0 amide bonds. The third-order valence-electron chi connectivity index (χ3n) is 7.88. The molecule has 41 heavy (non-hydrogen) atoms. The van der Waals surface area contributed by atoms with Crippen molar-refractivity contribution in [2.24, 2.45) is 0 Å². The summed E-state index contributed by atoms with van der Waals surface area (Å²) in [5.41, 5.74) is 13.8. The van der Waals surface area contributed by atoms with E-state index < -0.39 is 0 Å². The van der Waals surface area contributed by atoms with Gasteiger partial charge in [-0.05, 0) is 95.7 Å². The topological polar surface area (TPSA) is 0 Å². The van der Waals surface area contributed by atoms with E-state index in [-0.39, 0.29) is 0 Å². The van der Waals surface area contributed by atoms with Crippen LogP contribution in [0.4, 0.5) is 0 Å². The average Bonchev–Trinajstić information content (AvgIpc) is 3.44. The molecule has 0 saturated heterocycles. The van der Waals surface area contributed by atoms with Crippen molar-refractivity contribution in [1.82, 2.24) is 0 Å². The molecule has 0 aliphatic carbocycles. The molecule has 206 valence electrons. The van der Waals surface area contributed by atoms with Crippen molar-refractivity contribution in [3.05, 3.63) is 160 Å². The molecule has 5 rings (SSSR count). The van der Waals surface area contributed by atoms with Gasteiger partial charge in [-0.3, -0.25) is 0 Å². The quantitative estimate of drug-likeness (QED) is 0.151. The lowest BCUT2D eigenvalue weighted by molar-refractivity contribution is 1.11. The monoisotopic (exact) mass is 552 g/mol. The second-order valence-corrected chi connectivity index (χ2v) is 11.6. The number of benzene rings is 4. The lowest BCUT2D eigenvalue weighted by Crippen LogP contribution is -1.97. The number of rotatable bonds is 10. The molecule has 5 aromatic rings. The van der Waals surface area contributed by atoms with E-state index in [1.807, 2.05) is 11.3 Å². The maximum Gasteiger partial charge on any atom is 0.0433 e. The highest BCUT2D eigenvalue weighted by Gasteiger charge is 2.22. The fourth-order valence-electron chi connectivity index (χ4n) is 5.87. The lowest BCUT2D eigenvalue weighted by atomic mass is 9.90. The number of hydrogen-bond donors (Lipinski definition) is 0. The molecule has 0 saturated carbocycles. The van der Waals surface area contributed by atoms with Crippen LogP contribution in [0.2, 0.25) is 0 Å². The molecule has 0 spiro atoms. The Morgan fingerprint density at radius 2 is 1.12 bits per heavy atom. The third-order valence-corrected chi connectivity index (χ3v) is 9.05. The van der Waals surface area contributed by atoms with Gasteiger partial charge < -0.3 is 0 Å². The van der Waals surface area contributed by atoms with Crippen molar-refractivity contribution in [2.45, 2.75) is 53.4 Å². The lowest BCUT2D eigenvalue weighted by Gasteiger charge is -2.16. The fourth-order valence-corrected chi connectivity index (χ4v) is 7.28. The highest BCUT2D eigenvalue weighted by molar-refractivity contribution is 7.19. The van der Waals surface area contributed by atoms with Crippen LogP contribution in [-0.4, -0.2) is 0 Å². The summed E-state index contributed by atoms with van der Waals surface area (Å²) in [6.45, 7) is 8.84. The summed E-state index contributed by atoms with van der Waals surface area (Å²) in [6.07, 6.45) is 10.6. The third kappa shape index (κ3) is 6.37. The van der Waals surface area contributed by atoms with E-state index in [0.29, 0.717) is 0 Å². The van der Waals surface area contributed by atoms with E-state index in [1.165, 1.54) is 65.4 Å². The predicted molar refractivity (Wildman–Crippen MR) is 181 cm³/mol. The van der Waals surface area contributed by atoms with Crippen molar-refractivity contribution < 1.29 is 0 Å². The molecule has 0 aliphatic rings. The van der Waals surface area contributed by atoms with Gasteiger partial charge >= 0.3 is 0 Å². The van der Waals surface area contributed by atoms with Gasteiger partial charge in [-0.1, -0.05) is 129 Å². The van der Waals surface area contributed by atoms with Crippen molar-refractivity contribution in [3.63, 3.8) is 0 Å². The van der Waals surface area contributed by atoms with Gasteiger partial charge in [-0.15, -0.1) is 11.3 Å². The maximum atomic E-state index is 2.47. The van der Waals surface area contributed by atoms with Gasteiger partial charge in [0.1, 0.15) is 0 Å². The Kier molecular flexibility index (Phi) is 9.49. The Morgan fingerprint density at radius 3 is 1.63 bits per heavy atom. The predicted octanol–water partition coefficient (Wildman–Crippen LogP) is 11.4. The van der Waals surface area contributed by atoms with Crippen molar-refractivity contribution in [2.75, 3.05) is 0 Å². The van der Waals surface area contributed by atoms with E-state index in [9.17, 15) is 0 Å². The van der Waals surface area contributed by atoms with Crippen molar-refractivity contribution in [3.8, 4) is 20.9 Å². The van der Waals surface area contributed by atoms with E-state index in [4.69, 9.17) is 0 Å². The Bertz CT molecular complexity index is 1650. The first-order valence-corrected chi connectivity index (χ1v) is 15.7. The number of aryl methyl sites for hydroxylation is 2. The van der Waals surface area contributed by atoms with E-state index in [1.54, 1.807) is 0 Å². The largest absolute Gasteiger partial charge is 0.135 e. The Hall–Kier alpha value is -3.94. The molecular weight excluding hydrogens is 513 g/mol. The van der Waals surface area contributed by atoms with E-state index in [0.717, 1.165) is 25.7 Å². The molecule has 0 fully saturated rings. The first kappa shape index (κ1) is 28.6. The molecule has 0 bridgehead atoms. The summed E-state index contributed by atoms with van der Waals surface area (Å²) in [4.78, 5) is 2.74. The average molecular weight is 553 g/mol. The van der Waals surface area contributed by atoms with Gasteiger partial charge in [0.15, 0.2) is 0 Å². The summed E-state index contributed by atoms with van der Waals surface area (Å²) in [5, 5.41) is 0. The van der Waals surface area contributed by atoms with Gasteiger partial charge in [0.25, 0.3) is 0 Å². The number of allylic oxidation sites excluding steroid dienone is 4. The minimum Gasteiger partial charge on any atom is -0.135 e. The molecule has 0 radical (unpaired) electrons. The number of hydrogen-bond acceptors (Lipinski definition) is 1. The smallest absolute Gasteiger partial charge is 0.0433 e. The molecule has 0 nitrogen and oxygen atoms in total. The summed E-state index contributed by atoms with van der Waals surface area (Å²) >= 11 is 1.97. The standard InChI is InChI=1S/C40H40S/c1-5-17-31(6-2)36-28-37(38-32(7-3)22-15-24-34(38)26-29-18-11-9-12-19-29)41-40(36)39-33(8-4)23-16-25-35(39)27-30-20-13-10-14-21-30/h5-6,9-25,28H,7-8,26-27H2,1-4H3/b17-5-,31-6+. The second-order valence-electron chi connectivity index (χ2n) is 10.5. The summed E-state index contributed by atoms with van der Waals surface area (Å²) < 4.78 is 0. The van der Waals surface area contributed by atoms with Crippen LogP contribution in [0.25, 0.3) is 26.5 Å². The van der Waals surface area contributed by atoms with Crippen LogP contribution >= 0.6 is 11.3 Å². The van der Waals surface area contributed by atoms with Gasteiger partial charge in [-0.2, -0.15) is 0 Å². The molecule has 1 heterocycles. The minimum atomic E-state index is 0.927. The Balaban J connectivity index is 1.75. The first-order valence-electron chi connectivity index (χ1n) is 14.9. The summed E-state index contributed by atoms with van der Waals surface area (Å²) in [6, 6.07) is 38.0. The highest BCUT2D eigenvalue weighted by Crippen LogP contribution is 2.46. The van der Waals surface area contributed by atoms with Crippen LogP contribution in [0.5, 0.6) is 0 Å². The Morgan fingerprint density at radius 1 is 0.610 bits per heavy atom. The van der Waals surface area contributed by atoms with Gasteiger partial charge in [0.05, 0.1) is 0 Å². The normalized spacial score (nSPS) is 11.9. The molecule has 0 aliphatic heterocycles. The molecular formula is C40H40S. The summed E-state index contributed by atoms with van der Waals surface area (Å²) in [5.74, 6) is 0. The van der Waals surface area contributed by atoms with Crippen LogP contribution in [0.1, 0.15) is 66.6 Å². The molecule has 0 atom stereocenters. The molecule has 1 heteroatoms. The first-order chi connectivity index (χ1) is 20.2. The highest BCUT2D eigenvalue weighted by atomic mass is 32.1. The molecule has 0 unspecified atom stereocenters. The van der Waals surface area contributed by atoms with Crippen LogP contribution < -0.4 is 0 Å². The van der Waals surface area contributed by atoms with E-state index in [2.05, 4.69) is 149 Å². The molecule has 4 aromatic carbocycles. The van der Waals surface area contributed by atoms with Gasteiger partial charge in [0, 0.05) is 15.3 Å². The van der Waals surface area contributed by atoms with Gasteiger partial charge in [-0.25, -0.2) is 0 Å². The van der Waals surface area contributed by atoms with Crippen molar-refractivity contribution in [1.29, 1.82) is 0 Å². The summed E-state index contributed by atoms with van der Waals surface area (Å²) in [7, 11) is 0. The zero-order valence-electron chi connectivity index (χ0n) is 24.8. The zero-order valence-corrected chi connectivity index (χ0v) is 25.6. The SMILES string of the molecule is C/C=C\C(=C/C)c1cc(-c2c(CC)cccc2Cc2ccccc2)sc1-c1c(CC)cccc1Cc1ccccc1. The second kappa shape index (κ2) is 13.6. The molecule has 0 N–H and O–H groups in total.